The molecule has 2 rings (SSSR count). The molecule has 0 atom stereocenters. The number of hydrogen-bond donors (Lipinski definition) is 2. The maximum atomic E-state index is 12.0. The highest BCUT2D eigenvalue weighted by atomic mass is 35.5. The van der Waals surface area contributed by atoms with Gasteiger partial charge in [-0.25, -0.2) is 4.98 Å². The number of pyridine rings is 1. The van der Waals surface area contributed by atoms with Gasteiger partial charge in [0, 0.05) is 11.8 Å². The molecule has 0 bridgehead atoms. The third kappa shape index (κ3) is 2.95. The van der Waals surface area contributed by atoms with Crippen LogP contribution in [0.2, 0.25) is 5.15 Å². The molecule has 0 fully saturated rings. The molecule has 0 spiro atoms. The first-order chi connectivity index (χ1) is 9.11. The zero-order chi connectivity index (χ0) is 13.8. The Morgan fingerprint density at radius 3 is 2.84 bits per heavy atom. The third-order valence-electron chi connectivity index (χ3n) is 2.45. The number of halogens is 1. The van der Waals surface area contributed by atoms with Gasteiger partial charge in [0.25, 0.3) is 5.91 Å². The molecule has 0 saturated carbocycles. The number of aromatic hydroxyl groups is 1. The fourth-order valence-electron chi connectivity index (χ4n) is 1.50. The van der Waals surface area contributed by atoms with Crippen molar-refractivity contribution in [1.82, 2.24) is 4.98 Å². The molecule has 1 aromatic heterocycles. The molecule has 0 unspecified atom stereocenters. The molecule has 1 amide bonds. The maximum absolute atomic E-state index is 12.0. The minimum absolute atomic E-state index is 0.104. The van der Waals surface area contributed by atoms with Gasteiger partial charge in [0.05, 0.1) is 12.8 Å². The van der Waals surface area contributed by atoms with Gasteiger partial charge < -0.3 is 15.2 Å². The number of anilines is 1. The van der Waals surface area contributed by atoms with Gasteiger partial charge in [0.15, 0.2) is 16.7 Å². The maximum Gasteiger partial charge on any atom is 0.255 e. The molecule has 0 aliphatic rings. The van der Waals surface area contributed by atoms with E-state index in [4.69, 9.17) is 16.3 Å². The number of carbonyl (C=O) groups excluding carboxylic acids is 1. The van der Waals surface area contributed by atoms with Crippen LogP contribution >= 0.6 is 11.6 Å². The van der Waals surface area contributed by atoms with Crippen molar-refractivity contribution in [2.75, 3.05) is 12.4 Å². The second-order valence-electron chi connectivity index (χ2n) is 3.68. The van der Waals surface area contributed by atoms with Gasteiger partial charge in [-0.2, -0.15) is 0 Å². The first kappa shape index (κ1) is 13.2. The van der Waals surface area contributed by atoms with Crippen LogP contribution in [0.4, 0.5) is 5.69 Å². The number of nitrogens with zero attached hydrogens (tertiary/aromatic N) is 1. The molecular formula is C13H11ClN2O3. The second kappa shape index (κ2) is 5.58. The Hall–Kier alpha value is -2.27. The van der Waals surface area contributed by atoms with Gasteiger partial charge in [0.1, 0.15) is 0 Å². The summed E-state index contributed by atoms with van der Waals surface area (Å²) in [6, 6.07) is 7.66. The SMILES string of the molecule is COc1ccc(C(=O)Nc2cccnc2Cl)cc1O. The Bertz CT molecular complexity index is 617. The minimum Gasteiger partial charge on any atom is -0.504 e. The average Bonchev–Trinajstić information content (AvgIpc) is 2.41. The summed E-state index contributed by atoms with van der Waals surface area (Å²) in [7, 11) is 1.43. The van der Waals surface area contributed by atoms with Gasteiger partial charge in [-0.1, -0.05) is 11.6 Å². The molecule has 0 aliphatic carbocycles. The summed E-state index contributed by atoms with van der Waals surface area (Å²) in [5.74, 6) is -0.198. The summed E-state index contributed by atoms with van der Waals surface area (Å²) in [5, 5.41) is 12.4. The molecule has 6 heteroatoms. The van der Waals surface area contributed by atoms with E-state index in [9.17, 15) is 9.90 Å². The van der Waals surface area contributed by atoms with Crippen LogP contribution in [-0.2, 0) is 0 Å². The largest absolute Gasteiger partial charge is 0.504 e. The van der Waals surface area contributed by atoms with E-state index in [1.54, 1.807) is 12.1 Å². The number of rotatable bonds is 3. The molecule has 1 aromatic carbocycles. The number of nitrogens with one attached hydrogen (secondary N) is 1. The van der Waals surface area contributed by atoms with Crippen molar-refractivity contribution < 1.29 is 14.6 Å². The molecule has 1 heterocycles. The van der Waals surface area contributed by atoms with Crippen molar-refractivity contribution in [3.63, 3.8) is 0 Å². The van der Waals surface area contributed by atoms with Crippen LogP contribution in [0.5, 0.6) is 11.5 Å². The van der Waals surface area contributed by atoms with Crippen molar-refractivity contribution in [1.29, 1.82) is 0 Å². The van der Waals surface area contributed by atoms with E-state index in [0.29, 0.717) is 17.0 Å². The lowest BCUT2D eigenvalue weighted by Gasteiger charge is -2.08. The monoisotopic (exact) mass is 278 g/mol. The van der Waals surface area contributed by atoms with Crippen LogP contribution in [0.15, 0.2) is 36.5 Å². The van der Waals surface area contributed by atoms with E-state index < -0.39 is 5.91 Å². The predicted molar refractivity (Wildman–Crippen MR) is 71.9 cm³/mol. The summed E-state index contributed by atoms with van der Waals surface area (Å²) < 4.78 is 4.90. The lowest BCUT2D eigenvalue weighted by Crippen LogP contribution is -2.12. The zero-order valence-corrected chi connectivity index (χ0v) is 10.8. The lowest BCUT2D eigenvalue weighted by atomic mass is 10.2. The van der Waals surface area contributed by atoms with E-state index in [0.717, 1.165) is 0 Å². The first-order valence-electron chi connectivity index (χ1n) is 5.40. The lowest BCUT2D eigenvalue weighted by molar-refractivity contribution is 0.102. The standard InChI is InChI=1S/C13H11ClN2O3/c1-19-11-5-4-8(7-10(11)17)13(18)16-9-3-2-6-15-12(9)14/h2-7,17H,1H3,(H,16,18). The second-order valence-corrected chi connectivity index (χ2v) is 4.04. The Kier molecular flexibility index (Phi) is 3.87. The van der Waals surface area contributed by atoms with Gasteiger partial charge in [-0.05, 0) is 30.3 Å². The molecule has 0 saturated heterocycles. The van der Waals surface area contributed by atoms with Crippen LogP contribution in [0.3, 0.4) is 0 Å². The van der Waals surface area contributed by atoms with Crippen LogP contribution in [-0.4, -0.2) is 23.1 Å². The molecule has 0 radical (unpaired) electrons. The van der Waals surface area contributed by atoms with Crippen molar-refractivity contribution in [3.05, 3.63) is 47.2 Å². The molecule has 0 aliphatic heterocycles. The Morgan fingerprint density at radius 2 is 2.21 bits per heavy atom. The number of aromatic nitrogens is 1. The van der Waals surface area contributed by atoms with Gasteiger partial charge in [-0.3, -0.25) is 4.79 Å². The summed E-state index contributed by atoms with van der Waals surface area (Å²) in [5.41, 5.74) is 0.697. The van der Waals surface area contributed by atoms with Crippen molar-refractivity contribution in [2.45, 2.75) is 0 Å². The number of hydrogen-bond acceptors (Lipinski definition) is 4. The van der Waals surface area contributed by atoms with Gasteiger partial charge in [-0.15, -0.1) is 0 Å². The average molecular weight is 279 g/mol. The number of phenolic OH excluding ortho intramolecular Hbond substituents is 1. The molecule has 2 N–H and O–H groups in total. The van der Waals surface area contributed by atoms with E-state index in [-0.39, 0.29) is 10.9 Å². The Labute approximate surface area is 114 Å². The van der Waals surface area contributed by atoms with Crippen molar-refractivity contribution in [2.24, 2.45) is 0 Å². The summed E-state index contributed by atoms with van der Waals surface area (Å²) >= 11 is 5.84. The smallest absolute Gasteiger partial charge is 0.255 e. The summed E-state index contributed by atoms with van der Waals surface area (Å²) in [6.07, 6.45) is 1.52. The van der Waals surface area contributed by atoms with E-state index >= 15 is 0 Å². The van der Waals surface area contributed by atoms with Crippen molar-refractivity contribution in [3.8, 4) is 11.5 Å². The number of phenols is 1. The highest BCUT2D eigenvalue weighted by Crippen LogP contribution is 2.27. The molecule has 5 nitrogen and oxygen atoms in total. The molecule has 19 heavy (non-hydrogen) atoms. The van der Waals surface area contributed by atoms with Gasteiger partial charge in [0.2, 0.25) is 0 Å². The fourth-order valence-corrected chi connectivity index (χ4v) is 1.67. The van der Waals surface area contributed by atoms with Crippen LogP contribution < -0.4 is 10.1 Å². The first-order valence-corrected chi connectivity index (χ1v) is 5.78. The van der Waals surface area contributed by atoms with E-state index in [1.807, 2.05) is 0 Å². The predicted octanol–water partition coefficient (Wildman–Crippen LogP) is 2.70. The quantitative estimate of drug-likeness (QED) is 0.847. The topological polar surface area (TPSA) is 71.5 Å². The summed E-state index contributed by atoms with van der Waals surface area (Å²) in [6.45, 7) is 0. The number of methoxy groups -OCH3 is 1. The molecule has 2 aromatic rings. The van der Waals surface area contributed by atoms with E-state index in [1.165, 1.54) is 31.5 Å². The number of amides is 1. The highest BCUT2D eigenvalue weighted by Gasteiger charge is 2.11. The number of ether oxygens (including phenoxy) is 1. The number of benzene rings is 1. The van der Waals surface area contributed by atoms with Crippen LogP contribution in [0, 0.1) is 0 Å². The van der Waals surface area contributed by atoms with Crippen molar-refractivity contribution >= 4 is 23.2 Å². The fraction of sp³-hybridized carbons (Fsp3) is 0.0769. The highest BCUT2D eigenvalue weighted by molar-refractivity contribution is 6.32. The molecular weight excluding hydrogens is 268 g/mol. The molecule has 98 valence electrons. The van der Waals surface area contributed by atoms with Crippen LogP contribution in [0.1, 0.15) is 10.4 Å². The Balaban J connectivity index is 2.21. The zero-order valence-electron chi connectivity index (χ0n) is 10.1. The Morgan fingerprint density at radius 1 is 1.42 bits per heavy atom. The number of carbonyl (C=O) groups is 1. The third-order valence-corrected chi connectivity index (χ3v) is 2.75. The summed E-state index contributed by atoms with van der Waals surface area (Å²) in [4.78, 5) is 15.8. The minimum atomic E-state index is -0.396. The van der Waals surface area contributed by atoms with Crippen LogP contribution in [0.25, 0.3) is 0 Å². The van der Waals surface area contributed by atoms with Gasteiger partial charge >= 0.3 is 0 Å². The normalized spacial score (nSPS) is 10.0. The van der Waals surface area contributed by atoms with E-state index in [2.05, 4.69) is 10.3 Å².